The van der Waals surface area contributed by atoms with E-state index in [9.17, 15) is 13.2 Å². The summed E-state index contributed by atoms with van der Waals surface area (Å²) in [5, 5.41) is 0. The number of esters is 1. The fourth-order valence-electron chi connectivity index (χ4n) is 3.45. The first-order valence-electron chi connectivity index (χ1n) is 9.58. The van der Waals surface area contributed by atoms with Gasteiger partial charge in [0.25, 0.3) is 0 Å². The summed E-state index contributed by atoms with van der Waals surface area (Å²) in [6, 6.07) is 6.52. The normalized spacial score (nSPS) is 20.0. The lowest BCUT2D eigenvalue weighted by Crippen LogP contribution is -2.40. The minimum absolute atomic E-state index is 0.251. The maximum Gasteiger partial charge on any atom is 0.330 e. The number of rotatable bonds is 6. The predicted octanol–water partition coefficient (Wildman–Crippen LogP) is 2.84. The van der Waals surface area contributed by atoms with Crippen molar-refractivity contribution in [2.45, 2.75) is 37.0 Å². The molecule has 0 bridgehead atoms. The lowest BCUT2D eigenvalue weighted by molar-refractivity contribution is -0.139. The summed E-state index contributed by atoms with van der Waals surface area (Å²) >= 11 is 0. The summed E-state index contributed by atoms with van der Waals surface area (Å²) < 4.78 is 37.1. The van der Waals surface area contributed by atoms with Crippen molar-refractivity contribution in [3.63, 3.8) is 0 Å². The first kappa shape index (κ1) is 20.0. The van der Waals surface area contributed by atoms with E-state index in [2.05, 4.69) is 0 Å². The van der Waals surface area contributed by atoms with Crippen LogP contribution in [-0.4, -0.2) is 51.6 Å². The SMILES string of the molecule is O=C(/C=C/c1ccc(S(=O)(=O)N2CCOCC2)cc1)OCC1CCCCC1. The molecule has 27 heavy (non-hydrogen) atoms. The number of nitrogens with zero attached hydrogens (tertiary/aromatic N) is 1. The van der Waals surface area contributed by atoms with Crippen LogP contribution in [0.2, 0.25) is 0 Å². The Morgan fingerprint density at radius 2 is 1.78 bits per heavy atom. The molecule has 1 aromatic rings. The largest absolute Gasteiger partial charge is 0.462 e. The average molecular weight is 394 g/mol. The Labute approximate surface area is 161 Å². The van der Waals surface area contributed by atoms with Crippen LogP contribution < -0.4 is 0 Å². The van der Waals surface area contributed by atoms with Gasteiger partial charge in [0.1, 0.15) is 0 Å². The van der Waals surface area contributed by atoms with Gasteiger partial charge in [-0.15, -0.1) is 0 Å². The fourth-order valence-corrected chi connectivity index (χ4v) is 4.86. The molecule has 6 nitrogen and oxygen atoms in total. The monoisotopic (exact) mass is 393 g/mol. The van der Waals surface area contributed by atoms with Crippen LogP contribution in [0.5, 0.6) is 0 Å². The molecule has 0 unspecified atom stereocenters. The molecule has 1 saturated heterocycles. The van der Waals surface area contributed by atoms with E-state index in [1.165, 1.54) is 29.6 Å². The van der Waals surface area contributed by atoms with E-state index < -0.39 is 10.0 Å². The van der Waals surface area contributed by atoms with Crippen molar-refractivity contribution in [3.8, 4) is 0 Å². The Hall–Kier alpha value is -1.70. The zero-order valence-corrected chi connectivity index (χ0v) is 16.3. The molecule has 1 heterocycles. The van der Waals surface area contributed by atoms with Gasteiger partial charge in [-0.3, -0.25) is 0 Å². The molecule has 2 fully saturated rings. The van der Waals surface area contributed by atoms with Gasteiger partial charge in [-0.2, -0.15) is 4.31 Å². The molecule has 1 aliphatic carbocycles. The highest BCUT2D eigenvalue weighted by molar-refractivity contribution is 7.89. The Balaban J connectivity index is 1.53. The molecule has 0 spiro atoms. The van der Waals surface area contributed by atoms with E-state index in [0.717, 1.165) is 18.4 Å². The number of hydrogen-bond donors (Lipinski definition) is 0. The molecule has 0 radical (unpaired) electrons. The number of hydrogen-bond acceptors (Lipinski definition) is 5. The van der Waals surface area contributed by atoms with Gasteiger partial charge in [-0.05, 0) is 42.5 Å². The van der Waals surface area contributed by atoms with Crippen LogP contribution >= 0.6 is 0 Å². The number of ether oxygens (including phenoxy) is 2. The Morgan fingerprint density at radius 1 is 1.11 bits per heavy atom. The summed E-state index contributed by atoms with van der Waals surface area (Å²) in [4.78, 5) is 12.1. The smallest absolute Gasteiger partial charge is 0.330 e. The summed E-state index contributed by atoms with van der Waals surface area (Å²) in [6.07, 6.45) is 9.03. The van der Waals surface area contributed by atoms with Gasteiger partial charge in [0.2, 0.25) is 10.0 Å². The zero-order chi connectivity index (χ0) is 19.1. The van der Waals surface area contributed by atoms with Crippen LogP contribution in [-0.2, 0) is 24.3 Å². The highest BCUT2D eigenvalue weighted by Gasteiger charge is 2.25. The standard InChI is InChI=1S/C20H27NO5S/c22-20(26-16-18-4-2-1-3-5-18)11-8-17-6-9-19(10-7-17)27(23,24)21-12-14-25-15-13-21/h6-11,18H,1-5,12-16H2/b11-8+. The summed E-state index contributed by atoms with van der Waals surface area (Å²) in [5.41, 5.74) is 0.755. The van der Waals surface area contributed by atoms with Gasteiger partial charge in [0, 0.05) is 19.2 Å². The van der Waals surface area contributed by atoms with Crippen molar-refractivity contribution in [1.29, 1.82) is 0 Å². The van der Waals surface area contributed by atoms with Crippen molar-refractivity contribution < 1.29 is 22.7 Å². The molecule has 0 amide bonds. The minimum Gasteiger partial charge on any atom is -0.462 e. The Morgan fingerprint density at radius 3 is 2.44 bits per heavy atom. The molecule has 1 aliphatic heterocycles. The van der Waals surface area contributed by atoms with E-state index >= 15 is 0 Å². The first-order chi connectivity index (χ1) is 13.1. The zero-order valence-electron chi connectivity index (χ0n) is 15.5. The fraction of sp³-hybridized carbons (Fsp3) is 0.550. The second kappa shape index (κ2) is 9.48. The van der Waals surface area contributed by atoms with Gasteiger partial charge in [0.05, 0.1) is 24.7 Å². The van der Waals surface area contributed by atoms with Crippen molar-refractivity contribution >= 4 is 22.1 Å². The lowest BCUT2D eigenvalue weighted by atomic mass is 9.90. The van der Waals surface area contributed by atoms with Crippen LogP contribution in [0.3, 0.4) is 0 Å². The second-order valence-electron chi connectivity index (χ2n) is 7.05. The molecule has 1 aromatic carbocycles. The van der Waals surface area contributed by atoms with Crippen LogP contribution in [0.25, 0.3) is 6.08 Å². The van der Waals surface area contributed by atoms with Gasteiger partial charge in [-0.1, -0.05) is 31.4 Å². The summed E-state index contributed by atoms with van der Waals surface area (Å²) in [5.74, 6) is 0.131. The number of benzene rings is 1. The van der Waals surface area contributed by atoms with E-state index in [4.69, 9.17) is 9.47 Å². The topological polar surface area (TPSA) is 72.9 Å². The first-order valence-corrected chi connectivity index (χ1v) is 11.0. The van der Waals surface area contributed by atoms with E-state index in [-0.39, 0.29) is 10.9 Å². The Bertz CT molecular complexity index is 745. The second-order valence-corrected chi connectivity index (χ2v) is 8.99. The quantitative estimate of drug-likeness (QED) is 0.549. The molecule has 3 rings (SSSR count). The third kappa shape index (κ3) is 5.64. The Kier molecular flexibility index (Phi) is 7.04. The number of sulfonamides is 1. The van der Waals surface area contributed by atoms with Crippen LogP contribution in [0.1, 0.15) is 37.7 Å². The molecule has 2 aliphatic rings. The van der Waals surface area contributed by atoms with Gasteiger partial charge in [-0.25, -0.2) is 13.2 Å². The van der Waals surface area contributed by atoms with Crippen molar-refractivity contribution in [2.24, 2.45) is 5.92 Å². The molecule has 7 heteroatoms. The van der Waals surface area contributed by atoms with E-state index in [1.54, 1.807) is 30.3 Å². The molecular formula is C20H27NO5S. The van der Waals surface area contributed by atoms with Gasteiger partial charge in [0.15, 0.2) is 0 Å². The highest BCUT2D eigenvalue weighted by Crippen LogP contribution is 2.23. The number of morpholine rings is 1. The van der Waals surface area contributed by atoms with Crippen molar-refractivity contribution in [1.82, 2.24) is 4.31 Å². The predicted molar refractivity (Wildman–Crippen MR) is 103 cm³/mol. The molecule has 0 aromatic heterocycles. The van der Waals surface area contributed by atoms with Crippen molar-refractivity contribution in [3.05, 3.63) is 35.9 Å². The molecular weight excluding hydrogens is 366 g/mol. The molecule has 1 saturated carbocycles. The van der Waals surface area contributed by atoms with Crippen LogP contribution in [0.15, 0.2) is 35.2 Å². The lowest BCUT2D eigenvalue weighted by Gasteiger charge is -2.26. The van der Waals surface area contributed by atoms with E-state index in [0.29, 0.717) is 38.8 Å². The van der Waals surface area contributed by atoms with Crippen molar-refractivity contribution in [2.75, 3.05) is 32.9 Å². The number of carbonyl (C=O) groups excluding carboxylic acids is 1. The maximum atomic E-state index is 12.6. The van der Waals surface area contributed by atoms with Crippen LogP contribution in [0, 0.1) is 5.92 Å². The minimum atomic E-state index is -3.49. The summed E-state index contributed by atoms with van der Waals surface area (Å²) in [7, 11) is -3.49. The van der Waals surface area contributed by atoms with Gasteiger partial charge >= 0.3 is 5.97 Å². The van der Waals surface area contributed by atoms with Gasteiger partial charge < -0.3 is 9.47 Å². The number of carbonyl (C=O) groups is 1. The molecule has 0 atom stereocenters. The van der Waals surface area contributed by atoms with Crippen LogP contribution in [0.4, 0.5) is 0 Å². The van der Waals surface area contributed by atoms with E-state index in [1.807, 2.05) is 0 Å². The molecule has 0 N–H and O–H groups in total. The molecule has 148 valence electrons. The maximum absolute atomic E-state index is 12.6. The average Bonchev–Trinajstić information content (AvgIpc) is 2.72. The summed E-state index contributed by atoms with van der Waals surface area (Å²) in [6.45, 7) is 2.07. The highest BCUT2D eigenvalue weighted by atomic mass is 32.2. The third-order valence-electron chi connectivity index (χ3n) is 5.09. The third-order valence-corrected chi connectivity index (χ3v) is 7.00.